The number of benzene rings is 1. The molecule has 0 aliphatic carbocycles. The highest BCUT2D eigenvalue weighted by Gasteiger charge is 2.44. The van der Waals surface area contributed by atoms with Crippen LogP contribution in [-0.4, -0.2) is 71.0 Å². The van der Waals surface area contributed by atoms with Crippen molar-refractivity contribution in [1.82, 2.24) is 25.8 Å². The summed E-state index contributed by atoms with van der Waals surface area (Å²) in [6.45, 7) is 9.05. The number of aryl methyl sites for hydroxylation is 1. The Morgan fingerprint density at radius 2 is 1.78 bits per heavy atom. The van der Waals surface area contributed by atoms with E-state index in [0.717, 1.165) is 60.3 Å². The van der Waals surface area contributed by atoms with Crippen molar-refractivity contribution in [2.75, 3.05) is 20.1 Å². The van der Waals surface area contributed by atoms with Gasteiger partial charge in [0, 0.05) is 25.9 Å². The van der Waals surface area contributed by atoms with Crippen molar-refractivity contribution < 1.29 is 19.5 Å². The molecule has 0 bridgehead atoms. The van der Waals surface area contributed by atoms with Gasteiger partial charge in [0.25, 0.3) is 0 Å². The Kier molecular flexibility index (Phi) is 12.3. The van der Waals surface area contributed by atoms with Gasteiger partial charge in [0.2, 0.25) is 17.7 Å². The smallest absolute Gasteiger partial charge is 0.246 e. The number of aromatic nitrogens is 1. The highest BCUT2D eigenvalue weighted by atomic mass is 32.1. The number of aliphatic hydroxyl groups excluding tert-OH is 1. The van der Waals surface area contributed by atoms with Crippen LogP contribution < -0.4 is 16.0 Å². The van der Waals surface area contributed by atoms with Gasteiger partial charge >= 0.3 is 0 Å². The second-order valence-electron chi connectivity index (χ2n) is 12.1. The third-order valence-corrected chi connectivity index (χ3v) is 8.52. The molecule has 1 saturated heterocycles. The monoisotopic (exact) mass is 585 g/mol. The van der Waals surface area contributed by atoms with Gasteiger partial charge < -0.3 is 26.0 Å². The van der Waals surface area contributed by atoms with Crippen LogP contribution in [0.25, 0.3) is 10.4 Å². The number of aliphatic hydroxyl groups is 1. The minimum atomic E-state index is -0.797. The van der Waals surface area contributed by atoms with Crippen molar-refractivity contribution in [2.24, 2.45) is 5.41 Å². The third kappa shape index (κ3) is 9.61. The van der Waals surface area contributed by atoms with E-state index in [-0.39, 0.29) is 30.7 Å². The summed E-state index contributed by atoms with van der Waals surface area (Å²) in [7, 11) is 1.94. The second kappa shape index (κ2) is 15.4. The van der Waals surface area contributed by atoms with Gasteiger partial charge in [-0.15, -0.1) is 11.3 Å². The van der Waals surface area contributed by atoms with Crippen molar-refractivity contribution in [2.45, 2.75) is 97.4 Å². The van der Waals surface area contributed by atoms with Crippen LogP contribution in [0.4, 0.5) is 0 Å². The average molecular weight is 586 g/mol. The molecule has 1 aliphatic rings. The minimum absolute atomic E-state index is 0.0644. The van der Waals surface area contributed by atoms with E-state index in [1.54, 1.807) is 11.3 Å². The van der Waals surface area contributed by atoms with Crippen LogP contribution in [0.1, 0.15) is 77.0 Å². The first-order valence-electron chi connectivity index (χ1n) is 14.7. The fourth-order valence-corrected chi connectivity index (χ4v) is 5.94. The number of carbonyl (C=O) groups excluding carboxylic acids is 3. The van der Waals surface area contributed by atoms with Crippen LogP contribution in [0.15, 0.2) is 29.8 Å². The van der Waals surface area contributed by atoms with Crippen molar-refractivity contribution >= 4 is 29.1 Å². The molecule has 1 aliphatic heterocycles. The predicted molar refractivity (Wildman–Crippen MR) is 163 cm³/mol. The van der Waals surface area contributed by atoms with E-state index in [2.05, 4.69) is 20.9 Å². The van der Waals surface area contributed by atoms with E-state index in [9.17, 15) is 19.5 Å². The lowest BCUT2D eigenvalue weighted by atomic mass is 9.85. The first-order chi connectivity index (χ1) is 19.5. The number of rotatable bonds is 14. The molecule has 9 nitrogen and oxygen atoms in total. The lowest BCUT2D eigenvalue weighted by molar-refractivity contribution is -0.144. The molecule has 3 rings (SSSR count). The molecule has 3 atom stereocenters. The van der Waals surface area contributed by atoms with Crippen molar-refractivity contribution in [3.8, 4) is 10.4 Å². The maximum atomic E-state index is 13.7. The first-order valence-corrected chi connectivity index (χ1v) is 15.6. The molecule has 3 unspecified atom stereocenters. The lowest BCUT2D eigenvalue weighted by Crippen LogP contribution is -2.57. The molecule has 41 heavy (non-hydrogen) atoms. The Balaban J connectivity index is 1.57. The zero-order chi connectivity index (χ0) is 30.0. The summed E-state index contributed by atoms with van der Waals surface area (Å²) in [5, 5.41) is 19.4. The molecular formula is C31H47N5O4S. The number of β-amino-alcohol motifs (C(OH)–C–C–N with tert-alkyl or cyclic N) is 1. The molecule has 3 amide bonds. The molecular weight excluding hydrogens is 538 g/mol. The lowest BCUT2D eigenvalue weighted by Gasteiger charge is -2.35. The number of carbonyl (C=O) groups is 3. The van der Waals surface area contributed by atoms with Crippen molar-refractivity contribution in [3.63, 3.8) is 0 Å². The Labute approximate surface area is 248 Å². The van der Waals surface area contributed by atoms with Gasteiger partial charge in [-0.25, -0.2) is 4.98 Å². The summed E-state index contributed by atoms with van der Waals surface area (Å²) in [6, 6.07) is 6.36. The molecule has 1 aromatic carbocycles. The standard InChI is InChI=1S/C31H47N5O4S/c1-21-27(41-20-34-21)23-14-12-22(13-15-23)18-33-29(39)25-17-24(37)19-36(25)30(40)28(31(2,3)4)35-26(38)11-9-7-6-8-10-16-32-5/h12-15,20,24-25,28,32,37H,6-11,16-19H2,1-5H3,(H,33,39)(H,35,38). The predicted octanol–water partition coefficient (Wildman–Crippen LogP) is 3.79. The Morgan fingerprint density at radius 3 is 2.41 bits per heavy atom. The Bertz CT molecular complexity index is 1140. The van der Waals surface area contributed by atoms with Crippen LogP contribution in [0.5, 0.6) is 0 Å². The van der Waals surface area contributed by atoms with Gasteiger partial charge in [0.1, 0.15) is 12.1 Å². The van der Waals surface area contributed by atoms with Gasteiger partial charge in [-0.1, -0.05) is 64.3 Å². The number of likely N-dealkylation sites (tertiary alicyclic amines) is 1. The summed E-state index contributed by atoms with van der Waals surface area (Å²) in [4.78, 5) is 46.6. The molecule has 0 radical (unpaired) electrons. The second-order valence-corrected chi connectivity index (χ2v) is 12.9. The average Bonchev–Trinajstić information content (AvgIpc) is 3.54. The highest BCUT2D eigenvalue weighted by molar-refractivity contribution is 7.13. The number of amides is 3. The molecule has 0 saturated carbocycles. The van der Waals surface area contributed by atoms with E-state index in [1.165, 1.54) is 4.90 Å². The van der Waals surface area contributed by atoms with Gasteiger partial charge in [0.05, 0.1) is 22.2 Å². The van der Waals surface area contributed by atoms with Crippen molar-refractivity contribution in [1.29, 1.82) is 0 Å². The zero-order valence-electron chi connectivity index (χ0n) is 25.2. The minimum Gasteiger partial charge on any atom is -0.391 e. The van der Waals surface area contributed by atoms with Crippen LogP contribution in [0.2, 0.25) is 0 Å². The van der Waals surface area contributed by atoms with E-state index in [1.807, 2.05) is 64.5 Å². The molecule has 2 heterocycles. The summed E-state index contributed by atoms with van der Waals surface area (Å²) in [5.41, 5.74) is 4.26. The van der Waals surface area contributed by atoms with Crippen LogP contribution in [0, 0.1) is 12.3 Å². The maximum absolute atomic E-state index is 13.7. The summed E-state index contributed by atoms with van der Waals surface area (Å²) in [5.74, 6) is -0.806. The molecule has 10 heteroatoms. The van der Waals surface area contributed by atoms with E-state index in [0.29, 0.717) is 13.0 Å². The summed E-state index contributed by atoms with van der Waals surface area (Å²) >= 11 is 1.59. The van der Waals surface area contributed by atoms with Crippen LogP contribution in [0.3, 0.4) is 0 Å². The molecule has 1 fully saturated rings. The first kappa shape index (κ1) is 32.7. The molecule has 4 N–H and O–H groups in total. The summed E-state index contributed by atoms with van der Waals surface area (Å²) < 4.78 is 0. The number of thiazole rings is 1. The number of hydrogen-bond acceptors (Lipinski definition) is 7. The van der Waals surface area contributed by atoms with Gasteiger partial charge in [-0.05, 0) is 49.9 Å². The largest absolute Gasteiger partial charge is 0.391 e. The summed E-state index contributed by atoms with van der Waals surface area (Å²) in [6.07, 6.45) is 4.81. The van der Waals surface area contributed by atoms with Gasteiger partial charge in [-0.3, -0.25) is 14.4 Å². The van der Waals surface area contributed by atoms with E-state index < -0.39 is 23.6 Å². The Hall–Kier alpha value is -2.82. The maximum Gasteiger partial charge on any atom is 0.246 e. The normalized spacial score (nSPS) is 17.9. The molecule has 1 aromatic heterocycles. The highest BCUT2D eigenvalue weighted by Crippen LogP contribution is 2.28. The molecule has 2 aromatic rings. The Morgan fingerprint density at radius 1 is 1.10 bits per heavy atom. The molecule has 0 spiro atoms. The fourth-order valence-electron chi connectivity index (χ4n) is 5.13. The van der Waals surface area contributed by atoms with Crippen molar-refractivity contribution in [3.05, 3.63) is 41.0 Å². The number of hydrogen-bond donors (Lipinski definition) is 4. The quantitative estimate of drug-likeness (QED) is 0.250. The number of unbranched alkanes of at least 4 members (excludes halogenated alkanes) is 4. The van der Waals surface area contributed by atoms with E-state index in [4.69, 9.17) is 0 Å². The fraction of sp³-hybridized carbons (Fsp3) is 0.613. The zero-order valence-corrected chi connectivity index (χ0v) is 26.0. The topological polar surface area (TPSA) is 124 Å². The van der Waals surface area contributed by atoms with Crippen LogP contribution >= 0.6 is 11.3 Å². The van der Waals surface area contributed by atoms with Crippen LogP contribution in [-0.2, 0) is 20.9 Å². The third-order valence-electron chi connectivity index (χ3n) is 7.54. The molecule has 226 valence electrons. The SMILES string of the molecule is CNCCCCCCCC(=O)NC(C(=O)N1CC(O)CC1C(=O)NCc1ccc(-c2scnc2C)cc1)C(C)(C)C. The number of nitrogens with zero attached hydrogens (tertiary/aromatic N) is 2. The number of nitrogens with one attached hydrogen (secondary N) is 3. The van der Waals surface area contributed by atoms with Gasteiger partial charge in [0.15, 0.2) is 0 Å². The van der Waals surface area contributed by atoms with E-state index >= 15 is 0 Å². The van der Waals surface area contributed by atoms with Gasteiger partial charge in [-0.2, -0.15) is 0 Å².